The molecule has 0 spiro atoms. The molecule has 3 heterocycles. The number of nitrogens with one attached hydrogen (secondary N) is 1. The van der Waals surface area contributed by atoms with Gasteiger partial charge in [-0.2, -0.15) is 4.31 Å². The Labute approximate surface area is 191 Å². The highest BCUT2D eigenvalue weighted by molar-refractivity contribution is 7.89. The third kappa shape index (κ3) is 5.17. The van der Waals surface area contributed by atoms with Gasteiger partial charge in [-0.05, 0) is 30.3 Å². The van der Waals surface area contributed by atoms with E-state index >= 15 is 0 Å². The van der Waals surface area contributed by atoms with Gasteiger partial charge in [-0.3, -0.25) is 19.3 Å². The Hall–Kier alpha value is -3.38. The summed E-state index contributed by atoms with van der Waals surface area (Å²) in [5.74, 6) is -0.595. The molecule has 0 bridgehead atoms. The Morgan fingerprint density at radius 3 is 2.15 bits per heavy atom. The van der Waals surface area contributed by atoms with E-state index in [1.165, 1.54) is 28.6 Å². The van der Waals surface area contributed by atoms with Crippen LogP contribution in [-0.4, -0.2) is 78.9 Å². The van der Waals surface area contributed by atoms with Crippen molar-refractivity contribution < 1.29 is 22.8 Å². The van der Waals surface area contributed by atoms with Crippen LogP contribution in [0.2, 0.25) is 0 Å². The van der Waals surface area contributed by atoms with Gasteiger partial charge in [0.2, 0.25) is 27.8 Å². The SMILES string of the molecule is O=C(NCCS(=O)(=O)N1CCN(c2ncccn2)CC1)c1ccc(N2C(=O)CCC2=O)cc1. The number of carbonyl (C=O) groups is 3. The molecule has 174 valence electrons. The maximum atomic E-state index is 12.7. The van der Waals surface area contributed by atoms with E-state index in [0.29, 0.717) is 43.4 Å². The van der Waals surface area contributed by atoms with Crippen LogP contribution in [-0.2, 0) is 19.6 Å². The van der Waals surface area contributed by atoms with Crippen molar-refractivity contribution >= 4 is 39.4 Å². The number of nitrogens with zero attached hydrogens (tertiary/aromatic N) is 5. The van der Waals surface area contributed by atoms with Crippen LogP contribution in [0.4, 0.5) is 11.6 Å². The first kappa shape index (κ1) is 22.8. The van der Waals surface area contributed by atoms with Crippen molar-refractivity contribution in [1.82, 2.24) is 19.6 Å². The normalized spacial score (nSPS) is 17.5. The summed E-state index contributed by atoms with van der Waals surface area (Å²) in [5.41, 5.74) is 0.730. The number of imide groups is 1. The molecule has 0 unspecified atom stereocenters. The predicted octanol–water partition coefficient (Wildman–Crippen LogP) is 0.0118. The molecule has 0 aliphatic carbocycles. The van der Waals surface area contributed by atoms with Gasteiger partial charge in [0.15, 0.2) is 0 Å². The number of amides is 3. The van der Waals surface area contributed by atoms with Crippen LogP contribution >= 0.6 is 0 Å². The van der Waals surface area contributed by atoms with Crippen LogP contribution in [0.25, 0.3) is 0 Å². The van der Waals surface area contributed by atoms with E-state index in [4.69, 9.17) is 0 Å². The van der Waals surface area contributed by atoms with Gasteiger partial charge in [0, 0.05) is 63.5 Å². The molecule has 11 nitrogen and oxygen atoms in total. The zero-order valence-corrected chi connectivity index (χ0v) is 18.7. The quantitative estimate of drug-likeness (QED) is 0.558. The van der Waals surface area contributed by atoms with Gasteiger partial charge in [-0.1, -0.05) is 0 Å². The minimum absolute atomic E-state index is 0.0337. The largest absolute Gasteiger partial charge is 0.351 e. The van der Waals surface area contributed by atoms with Crippen LogP contribution in [0.15, 0.2) is 42.7 Å². The Morgan fingerprint density at radius 1 is 0.939 bits per heavy atom. The second-order valence-electron chi connectivity index (χ2n) is 7.68. The topological polar surface area (TPSA) is 133 Å². The average Bonchev–Trinajstić information content (AvgIpc) is 3.17. The molecule has 2 aliphatic heterocycles. The number of benzene rings is 1. The summed E-state index contributed by atoms with van der Waals surface area (Å²) < 4.78 is 26.7. The highest BCUT2D eigenvalue weighted by Gasteiger charge is 2.30. The molecule has 1 aromatic carbocycles. The number of sulfonamides is 1. The molecule has 1 aromatic heterocycles. The fraction of sp³-hybridized carbons (Fsp3) is 0.381. The molecule has 2 aromatic rings. The minimum atomic E-state index is -3.53. The van der Waals surface area contributed by atoms with Crippen molar-refractivity contribution in [3.8, 4) is 0 Å². The molecule has 1 N–H and O–H groups in total. The monoisotopic (exact) mass is 472 g/mol. The van der Waals surface area contributed by atoms with Crippen LogP contribution in [0.5, 0.6) is 0 Å². The summed E-state index contributed by atoms with van der Waals surface area (Å²) in [6, 6.07) is 7.79. The van der Waals surface area contributed by atoms with Gasteiger partial charge in [-0.15, -0.1) is 0 Å². The third-order valence-corrected chi connectivity index (χ3v) is 7.42. The summed E-state index contributed by atoms with van der Waals surface area (Å²) in [4.78, 5) is 47.4. The van der Waals surface area contributed by atoms with Crippen LogP contribution in [0.1, 0.15) is 23.2 Å². The van der Waals surface area contributed by atoms with E-state index in [-0.39, 0.29) is 37.0 Å². The predicted molar refractivity (Wildman–Crippen MR) is 120 cm³/mol. The van der Waals surface area contributed by atoms with Crippen molar-refractivity contribution in [3.63, 3.8) is 0 Å². The van der Waals surface area contributed by atoms with Crippen LogP contribution < -0.4 is 15.1 Å². The van der Waals surface area contributed by atoms with Gasteiger partial charge in [0.1, 0.15) is 0 Å². The molecular formula is C21H24N6O5S. The Kier molecular flexibility index (Phi) is 6.65. The number of carbonyl (C=O) groups excluding carboxylic acids is 3. The molecule has 33 heavy (non-hydrogen) atoms. The number of aromatic nitrogens is 2. The first-order valence-corrected chi connectivity index (χ1v) is 12.2. The summed E-state index contributed by atoms with van der Waals surface area (Å²) in [5, 5.41) is 2.61. The fourth-order valence-electron chi connectivity index (χ4n) is 3.77. The first-order chi connectivity index (χ1) is 15.8. The standard InChI is InChI=1S/C21H24N6O5S/c28-18-6-7-19(29)27(18)17-4-2-16(3-5-17)20(30)22-10-15-33(31,32)26-13-11-25(12-14-26)21-23-8-1-9-24-21/h1-5,8-9H,6-7,10-15H2,(H,22,30). The lowest BCUT2D eigenvalue weighted by atomic mass is 10.2. The van der Waals surface area contributed by atoms with E-state index in [9.17, 15) is 22.8 Å². The first-order valence-electron chi connectivity index (χ1n) is 10.6. The lowest BCUT2D eigenvalue weighted by molar-refractivity contribution is -0.121. The molecule has 0 radical (unpaired) electrons. The second kappa shape index (κ2) is 9.63. The molecule has 3 amide bonds. The highest BCUT2D eigenvalue weighted by atomic mass is 32.2. The lowest BCUT2D eigenvalue weighted by Gasteiger charge is -2.33. The van der Waals surface area contributed by atoms with E-state index in [1.807, 2.05) is 4.90 Å². The van der Waals surface area contributed by atoms with Crippen molar-refractivity contribution in [2.75, 3.05) is 48.3 Å². The van der Waals surface area contributed by atoms with Crippen molar-refractivity contribution in [2.24, 2.45) is 0 Å². The van der Waals surface area contributed by atoms with Gasteiger partial charge in [0.25, 0.3) is 5.91 Å². The summed E-state index contributed by atoms with van der Waals surface area (Å²) in [6.45, 7) is 1.59. The number of hydrogen-bond acceptors (Lipinski definition) is 8. The Morgan fingerprint density at radius 2 is 1.55 bits per heavy atom. The summed E-state index contributed by atoms with van der Waals surface area (Å²) in [7, 11) is -3.53. The Balaban J connectivity index is 1.26. The molecule has 0 atom stereocenters. The summed E-state index contributed by atoms with van der Waals surface area (Å²) in [6.07, 6.45) is 3.66. The van der Waals surface area contributed by atoms with Crippen LogP contribution in [0, 0.1) is 0 Å². The van der Waals surface area contributed by atoms with Gasteiger partial charge >= 0.3 is 0 Å². The maximum Gasteiger partial charge on any atom is 0.251 e. The van der Waals surface area contributed by atoms with Gasteiger partial charge in [-0.25, -0.2) is 18.4 Å². The van der Waals surface area contributed by atoms with E-state index in [2.05, 4.69) is 15.3 Å². The zero-order valence-electron chi connectivity index (χ0n) is 17.9. The van der Waals surface area contributed by atoms with Crippen molar-refractivity contribution in [2.45, 2.75) is 12.8 Å². The van der Waals surface area contributed by atoms with E-state index in [1.54, 1.807) is 18.5 Å². The third-order valence-electron chi connectivity index (χ3n) is 5.55. The zero-order chi connectivity index (χ0) is 23.4. The van der Waals surface area contributed by atoms with Crippen LogP contribution in [0.3, 0.4) is 0 Å². The number of hydrogen-bond donors (Lipinski definition) is 1. The molecule has 4 rings (SSSR count). The van der Waals surface area contributed by atoms with Crippen molar-refractivity contribution in [3.05, 3.63) is 48.3 Å². The van der Waals surface area contributed by atoms with E-state index < -0.39 is 15.9 Å². The molecule has 0 saturated carbocycles. The highest BCUT2D eigenvalue weighted by Crippen LogP contribution is 2.22. The maximum absolute atomic E-state index is 12.7. The molecule has 2 aliphatic rings. The molecule has 2 fully saturated rings. The average molecular weight is 473 g/mol. The van der Waals surface area contributed by atoms with Gasteiger partial charge < -0.3 is 10.2 Å². The number of rotatable bonds is 7. The second-order valence-corrected chi connectivity index (χ2v) is 9.77. The fourth-order valence-corrected chi connectivity index (χ4v) is 5.11. The molecule has 2 saturated heterocycles. The van der Waals surface area contributed by atoms with Gasteiger partial charge in [0.05, 0.1) is 11.4 Å². The lowest BCUT2D eigenvalue weighted by Crippen LogP contribution is -2.50. The Bertz CT molecular complexity index is 1120. The number of anilines is 2. The molecule has 12 heteroatoms. The summed E-state index contributed by atoms with van der Waals surface area (Å²) >= 11 is 0. The smallest absolute Gasteiger partial charge is 0.251 e. The minimum Gasteiger partial charge on any atom is -0.351 e. The number of piperazine rings is 1. The molecular weight excluding hydrogens is 448 g/mol. The van der Waals surface area contributed by atoms with Crippen molar-refractivity contribution in [1.29, 1.82) is 0 Å². The van der Waals surface area contributed by atoms with E-state index in [0.717, 1.165) is 4.90 Å².